The number of hydrogen-bond donors (Lipinski definition) is 1. The number of esters is 2. The molecule has 0 aliphatic carbocycles. The van der Waals surface area contributed by atoms with Gasteiger partial charge in [0.25, 0.3) is 0 Å². The van der Waals surface area contributed by atoms with Crippen molar-refractivity contribution in [2.24, 2.45) is 0 Å². The molecular weight excluding hydrogens is 1100 g/mol. The lowest BCUT2D eigenvalue weighted by Gasteiger charge is -2.15. The summed E-state index contributed by atoms with van der Waals surface area (Å²) >= 11 is 0. The summed E-state index contributed by atoms with van der Waals surface area (Å²) in [6.07, 6.45) is 122. The summed E-state index contributed by atoms with van der Waals surface area (Å²) in [5.41, 5.74) is 0. The van der Waals surface area contributed by atoms with E-state index in [1.807, 2.05) is 0 Å². The number of carbonyl (C=O) groups excluding carboxylic acids is 2. The smallest absolute Gasteiger partial charge is 0.306 e. The molecule has 508 valence electrons. The second-order valence-electron chi connectivity index (χ2n) is 24.3. The first-order valence-corrected chi connectivity index (χ1v) is 37.3. The number of aliphatic hydroxyl groups excluding tert-OH is 1. The Balaban J connectivity index is 3.53. The number of hydrogen-bond acceptors (Lipinski definition) is 5. The SMILES string of the molecule is CC/C=C\C/C=C\C/C=C\C/C=C\C/C=C\C/C=C\C/C=C\C/C=C\C/C=C\C/C=C\CCCCCCCCCCC(=O)OC(CO)COC(=O)CCCCCCCCCCCCCCCCCCCCCCC/C=C\C/C=C\C/C=C\C/C=C\C/C=C\CC. The summed E-state index contributed by atoms with van der Waals surface area (Å²) in [5.74, 6) is -0.599. The van der Waals surface area contributed by atoms with Crippen LogP contribution in [0.2, 0.25) is 0 Å². The van der Waals surface area contributed by atoms with E-state index in [0.717, 1.165) is 141 Å². The third-order valence-corrected chi connectivity index (χ3v) is 15.7. The summed E-state index contributed by atoms with van der Waals surface area (Å²) in [6, 6.07) is 0. The van der Waals surface area contributed by atoms with Crippen molar-refractivity contribution < 1.29 is 24.2 Å². The van der Waals surface area contributed by atoms with Gasteiger partial charge in [-0.1, -0.05) is 357 Å². The third kappa shape index (κ3) is 75.5. The van der Waals surface area contributed by atoms with Gasteiger partial charge in [0, 0.05) is 12.8 Å². The van der Waals surface area contributed by atoms with Crippen LogP contribution in [-0.2, 0) is 19.1 Å². The van der Waals surface area contributed by atoms with E-state index in [4.69, 9.17) is 9.47 Å². The molecule has 0 aromatic rings. The average molecular weight is 1240 g/mol. The number of carbonyl (C=O) groups is 2. The highest BCUT2D eigenvalue weighted by molar-refractivity contribution is 5.70. The van der Waals surface area contributed by atoms with E-state index in [2.05, 4.69) is 196 Å². The molecule has 0 saturated carbocycles. The molecule has 0 rings (SSSR count). The Kier molecular flexibility index (Phi) is 73.9. The van der Waals surface area contributed by atoms with Gasteiger partial charge in [-0.15, -0.1) is 0 Å². The lowest BCUT2D eigenvalue weighted by atomic mass is 10.0. The zero-order valence-electron chi connectivity index (χ0n) is 58.3. The van der Waals surface area contributed by atoms with Crippen LogP contribution in [0.1, 0.15) is 322 Å². The van der Waals surface area contributed by atoms with Gasteiger partial charge in [0.2, 0.25) is 0 Å². The highest BCUT2D eigenvalue weighted by atomic mass is 16.6. The largest absolute Gasteiger partial charge is 0.462 e. The normalized spacial score (nSPS) is 13.3. The van der Waals surface area contributed by atoms with Gasteiger partial charge in [-0.3, -0.25) is 9.59 Å². The molecular formula is C85H138O5. The van der Waals surface area contributed by atoms with Crippen LogP contribution in [0.5, 0.6) is 0 Å². The first-order chi connectivity index (χ1) is 44.6. The molecule has 5 nitrogen and oxygen atoms in total. The topological polar surface area (TPSA) is 72.8 Å². The second-order valence-corrected chi connectivity index (χ2v) is 24.3. The second kappa shape index (κ2) is 78.2. The molecule has 5 heteroatoms. The Morgan fingerprint density at radius 2 is 0.444 bits per heavy atom. The quantitative estimate of drug-likeness (QED) is 0.0373. The Hall–Kier alpha value is -5.00. The predicted octanol–water partition coefficient (Wildman–Crippen LogP) is 26.5. The summed E-state index contributed by atoms with van der Waals surface area (Å²) in [5, 5.41) is 9.72. The maximum atomic E-state index is 12.4. The zero-order valence-corrected chi connectivity index (χ0v) is 58.3. The molecule has 0 amide bonds. The number of unbranched alkanes of at least 4 members (excludes halogenated alkanes) is 29. The fourth-order valence-electron chi connectivity index (χ4n) is 10.2. The fraction of sp³-hybridized carbons (Fsp3) is 0.624. The lowest BCUT2D eigenvalue weighted by molar-refractivity contribution is -0.161. The highest BCUT2D eigenvalue weighted by Gasteiger charge is 2.16. The van der Waals surface area contributed by atoms with Crippen LogP contribution < -0.4 is 0 Å². The van der Waals surface area contributed by atoms with Gasteiger partial charge in [0.15, 0.2) is 6.10 Å². The van der Waals surface area contributed by atoms with Gasteiger partial charge < -0.3 is 14.6 Å². The van der Waals surface area contributed by atoms with Gasteiger partial charge in [-0.25, -0.2) is 0 Å². The van der Waals surface area contributed by atoms with Crippen molar-refractivity contribution in [2.45, 2.75) is 328 Å². The average Bonchev–Trinajstić information content (AvgIpc) is 3.59. The van der Waals surface area contributed by atoms with Crippen LogP contribution in [0, 0.1) is 0 Å². The van der Waals surface area contributed by atoms with Gasteiger partial charge >= 0.3 is 11.9 Å². The van der Waals surface area contributed by atoms with Crippen molar-refractivity contribution in [3.8, 4) is 0 Å². The summed E-state index contributed by atoms with van der Waals surface area (Å²) < 4.78 is 10.8. The van der Waals surface area contributed by atoms with E-state index in [1.54, 1.807) is 0 Å². The molecule has 0 spiro atoms. The van der Waals surface area contributed by atoms with Crippen LogP contribution in [0.25, 0.3) is 0 Å². The minimum atomic E-state index is -0.789. The maximum Gasteiger partial charge on any atom is 0.306 e. The number of aliphatic hydroxyl groups is 1. The molecule has 0 radical (unpaired) electrons. The van der Waals surface area contributed by atoms with Crippen LogP contribution >= 0.6 is 0 Å². The zero-order chi connectivity index (χ0) is 64.7. The molecule has 0 aromatic carbocycles. The van der Waals surface area contributed by atoms with Crippen molar-refractivity contribution in [3.63, 3.8) is 0 Å². The van der Waals surface area contributed by atoms with Crippen molar-refractivity contribution in [2.75, 3.05) is 13.2 Å². The molecule has 0 heterocycles. The van der Waals surface area contributed by atoms with E-state index in [9.17, 15) is 14.7 Å². The van der Waals surface area contributed by atoms with Crippen molar-refractivity contribution in [1.29, 1.82) is 0 Å². The minimum Gasteiger partial charge on any atom is -0.462 e. The van der Waals surface area contributed by atoms with Crippen LogP contribution in [-0.4, -0.2) is 36.4 Å². The van der Waals surface area contributed by atoms with Crippen LogP contribution in [0.4, 0.5) is 0 Å². The highest BCUT2D eigenvalue weighted by Crippen LogP contribution is 2.17. The molecule has 0 fully saturated rings. The van der Waals surface area contributed by atoms with Gasteiger partial charge in [-0.05, 0) is 135 Å². The van der Waals surface area contributed by atoms with Crippen molar-refractivity contribution in [1.82, 2.24) is 0 Å². The van der Waals surface area contributed by atoms with Gasteiger partial charge in [0.1, 0.15) is 6.61 Å². The van der Waals surface area contributed by atoms with E-state index in [0.29, 0.717) is 12.8 Å². The molecule has 1 unspecified atom stereocenters. The van der Waals surface area contributed by atoms with Crippen LogP contribution in [0.15, 0.2) is 182 Å². The summed E-state index contributed by atoms with van der Waals surface area (Å²) in [6.45, 7) is 3.92. The van der Waals surface area contributed by atoms with Gasteiger partial charge in [-0.2, -0.15) is 0 Å². The van der Waals surface area contributed by atoms with E-state index in [-0.39, 0.29) is 25.2 Å². The van der Waals surface area contributed by atoms with E-state index >= 15 is 0 Å². The Bertz CT molecular complexity index is 1990. The maximum absolute atomic E-state index is 12.4. The van der Waals surface area contributed by atoms with Gasteiger partial charge in [0.05, 0.1) is 6.61 Å². The first kappa shape index (κ1) is 85.0. The third-order valence-electron chi connectivity index (χ3n) is 15.7. The number of rotatable bonds is 67. The predicted molar refractivity (Wildman–Crippen MR) is 398 cm³/mol. The standard InChI is InChI=1S/C85H138O5/c1-3-5-7-9-11-13-15-17-19-21-23-25-27-29-31-33-35-37-39-41-42-44-46-48-50-52-54-56-58-60-62-64-66-68-70-72-74-76-78-80-85(88)90-83(81-86)82-89-84(87)79-77-75-73-71-69-67-65-63-61-59-57-55-53-51-49-47-45-43-40-38-36-34-32-30-28-26-24-22-20-18-16-14-12-10-8-6-4-2/h5-8,11-14,17-20,23-26,29-32,35,37,41-42,46,48,52,54,58,60,83,86H,3-4,9-10,15-16,21-22,27-28,33-34,36,38-40,43-45,47,49-51,53,55-57,59,61-82H2,1-2H3/b7-5-,8-6-,13-11-,14-12-,19-17-,20-18-,25-23-,26-24-,31-29-,32-30-,37-35-,42-41-,48-46-,54-52-,60-58-. The molecule has 0 saturated heterocycles. The molecule has 0 aromatic heterocycles. The fourth-order valence-corrected chi connectivity index (χ4v) is 10.2. The molecule has 90 heavy (non-hydrogen) atoms. The molecule has 0 bridgehead atoms. The Morgan fingerprint density at radius 3 is 0.667 bits per heavy atom. The molecule has 1 N–H and O–H groups in total. The molecule has 0 aliphatic heterocycles. The lowest BCUT2D eigenvalue weighted by Crippen LogP contribution is -2.28. The van der Waals surface area contributed by atoms with Crippen molar-refractivity contribution in [3.05, 3.63) is 182 Å². The van der Waals surface area contributed by atoms with E-state index < -0.39 is 6.10 Å². The summed E-state index contributed by atoms with van der Waals surface area (Å²) in [4.78, 5) is 24.7. The number of ether oxygens (including phenoxy) is 2. The summed E-state index contributed by atoms with van der Waals surface area (Å²) in [7, 11) is 0. The van der Waals surface area contributed by atoms with E-state index in [1.165, 1.54) is 154 Å². The monoisotopic (exact) mass is 1240 g/mol. The Labute approximate surface area is 556 Å². The Morgan fingerprint density at radius 1 is 0.256 bits per heavy atom. The number of allylic oxidation sites excluding steroid dienone is 30. The molecule has 1 atom stereocenters. The first-order valence-electron chi connectivity index (χ1n) is 37.3. The van der Waals surface area contributed by atoms with Crippen LogP contribution in [0.3, 0.4) is 0 Å². The molecule has 0 aliphatic rings. The minimum absolute atomic E-state index is 0.0759. The van der Waals surface area contributed by atoms with Crippen molar-refractivity contribution >= 4 is 11.9 Å².